The van der Waals surface area contributed by atoms with E-state index in [9.17, 15) is 9.59 Å². The van der Waals surface area contributed by atoms with Crippen LogP contribution in [0.2, 0.25) is 0 Å². The van der Waals surface area contributed by atoms with Gasteiger partial charge in [-0.25, -0.2) is 0 Å². The van der Waals surface area contributed by atoms with E-state index in [1.165, 1.54) is 0 Å². The van der Waals surface area contributed by atoms with Crippen molar-refractivity contribution in [2.24, 2.45) is 5.92 Å². The molecule has 0 atom stereocenters. The van der Waals surface area contributed by atoms with E-state index in [2.05, 4.69) is 15.4 Å². The Kier molecular flexibility index (Phi) is 4.95. The monoisotopic (exact) mass is 320 g/mol. The number of rotatable bonds is 4. The van der Waals surface area contributed by atoms with Gasteiger partial charge in [-0.1, -0.05) is 5.16 Å². The average Bonchev–Trinajstić information content (AvgIpc) is 3.19. The number of amides is 2. The van der Waals surface area contributed by atoms with E-state index in [-0.39, 0.29) is 11.8 Å². The number of carbonyl (C=O) groups excluding carboxylic acids is 2. The van der Waals surface area contributed by atoms with Crippen molar-refractivity contribution in [3.63, 3.8) is 0 Å². The minimum atomic E-state index is -0.0948. The first-order chi connectivity index (χ1) is 11.1. The molecular weight excluding hydrogens is 296 g/mol. The van der Waals surface area contributed by atoms with Gasteiger partial charge in [-0.05, 0) is 45.7 Å². The van der Waals surface area contributed by atoms with Crippen LogP contribution in [0.5, 0.6) is 0 Å². The zero-order valence-corrected chi connectivity index (χ0v) is 13.6. The molecular formula is C16H24N4O3. The van der Waals surface area contributed by atoms with Crippen molar-refractivity contribution in [1.29, 1.82) is 0 Å². The summed E-state index contributed by atoms with van der Waals surface area (Å²) in [5, 5.41) is 6.48. The van der Waals surface area contributed by atoms with Gasteiger partial charge in [0.05, 0.1) is 6.54 Å². The molecule has 1 aromatic rings. The Bertz CT molecular complexity index is 557. The molecule has 0 aromatic carbocycles. The van der Waals surface area contributed by atoms with Gasteiger partial charge in [0.1, 0.15) is 5.76 Å². The molecule has 0 unspecified atom stereocenters. The molecule has 0 saturated carbocycles. The summed E-state index contributed by atoms with van der Waals surface area (Å²) in [5.41, 5.74) is 0. The molecule has 1 N–H and O–H groups in total. The Hall–Kier alpha value is -1.89. The molecule has 0 radical (unpaired) electrons. The van der Waals surface area contributed by atoms with Crippen LogP contribution in [0.4, 0.5) is 5.82 Å². The second kappa shape index (κ2) is 7.12. The summed E-state index contributed by atoms with van der Waals surface area (Å²) < 4.78 is 4.92. The molecule has 2 aliphatic rings. The lowest BCUT2D eigenvalue weighted by molar-refractivity contribution is -0.136. The molecule has 1 aromatic heterocycles. The second-order valence-corrected chi connectivity index (χ2v) is 6.45. The molecule has 23 heavy (non-hydrogen) atoms. The van der Waals surface area contributed by atoms with Gasteiger partial charge in [-0.2, -0.15) is 0 Å². The molecule has 2 amide bonds. The van der Waals surface area contributed by atoms with E-state index in [1.54, 1.807) is 13.0 Å². The fourth-order valence-corrected chi connectivity index (χ4v) is 3.34. The zero-order valence-electron chi connectivity index (χ0n) is 13.6. The lowest BCUT2D eigenvalue weighted by atomic mass is 9.95. The van der Waals surface area contributed by atoms with Gasteiger partial charge in [0.25, 0.3) is 0 Å². The minimum absolute atomic E-state index is 0.0948. The van der Waals surface area contributed by atoms with Crippen LogP contribution in [0.1, 0.15) is 31.4 Å². The van der Waals surface area contributed by atoms with Crippen LogP contribution in [-0.2, 0) is 9.59 Å². The molecule has 0 aliphatic carbocycles. The molecule has 0 spiro atoms. The number of aryl methyl sites for hydroxylation is 1. The Morgan fingerprint density at radius 2 is 1.96 bits per heavy atom. The van der Waals surface area contributed by atoms with Crippen molar-refractivity contribution in [2.45, 2.75) is 32.6 Å². The van der Waals surface area contributed by atoms with Crippen LogP contribution < -0.4 is 5.32 Å². The van der Waals surface area contributed by atoms with Crippen LogP contribution in [0.3, 0.4) is 0 Å². The normalized spacial score (nSPS) is 20.0. The topological polar surface area (TPSA) is 78.7 Å². The third kappa shape index (κ3) is 4.10. The van der Waals surface area contributed by atoms with Gasteiger partial charge in [0.2, 0.25) is 11.8 Å². The van der Waals surface area contributed by atoms with Crippen LogP contribution in [0, 0.1) is 12.8 Å². The average molecular weight is 320 g/mol. The third-order valence-electron chi connectivity index (χ3n) is 4.62. The molecule has 0 bridgehead atoms. The van der Waals surface area contributed by atoms with E-state index in [0.29, 0.717) is 24.0 Å². The van der Waals surface area contributed by atoms with E-state index in [1.807, 2.05) is 4.90 Å². The maximum absolute atomic E-state index is 12.4. The van der Waals surface area contributed by atoms with E-state index in [0.717, 1.165) is 51.9 Å². The summed E-state index contributed by atoms with van der Waals surface area (Å²) in [4.78, 5) is 28.5. The first kappa shape index (κ1) is 16.0. The molecule has 2 saturated heterocycles. The van der Waals surface area contributed by atoms with Crippen LogP contribution in [0.15, 0.2) is 10.6 Å². The van der Waals surface area contributed by atoms with Crippen LogP contribution >= 0.6 is 0 Å². The first-order valence-electron chi connectivity index (χ1n) is 8.36. The van der Waals surface area contributed by atoms with Crippen LogP contribution in [-0.4, -0.2) is 59.5 Å². The second-order valence-electron chi connectivity index (χ2n) is 6.45. The molecule has 7 heteroatoms. The lowest BCUT2D eigenvalue weighted by Gasteiger charge is -2.32. The Morgan fingerprint density at radius 1 is 1.26 bits per heavy atom. The van der Waals surface area contributed by atoms with Crippen molar-refractivity contribution in [1.82, 2.24) is 15.0 Å². The summed E-state index contributed by atoms with van der Waals surface area (Å²) >= 11 is 0. The standard InChI is InChI=1S/C16H24N4O3/c1-12-10-14(18-23-12)17-15(21)11-19-8-4-13(5-9-19)16(22)20-6-2-3-7-20/h10,13H,2-9,11H2,1H3,(H,17,18,21). The number of carbonyl (C=O) groups is 2. The SMILES string of the molecule is Cc1cc(NC(=O)CN2CCC(C(=O)N3CCCC3)CC2)no1. The number of anilines is 1. The fourth-order valence-electron chi connectivity index (χ4n) is 3.34. The fraction of sp³-hybridized carbons (Fsp3) is 0.688. The zero-order chi connectivity index (χ0) is 16.2. The Labute approximate surface area is 136 Å². The van der Waals surface area contributed by atoms with Gasteiger partial charge in [-0.3, -0.25) is 14.5 Å². The summed E-state index contributed by atoms with van der Waals surface area (Å²) in [6.45, 7) is 5.52. The Balaban J connectivity index is 1.41. The number of hydrogen-bond acceptors (Lipinski definition) is 5. The van der Waals surface area contributed by atoms with Crippen molar-refractivity contribution < 1.29 is 14.1 Å². The number of aromatic nitrogens is 1. The van der Waals surface area contributed by atoms with Crippen LogP contribution in [0.25, 0.3) is 0 Å². The van der Waals surface area contributed by atoms with Gasteiger partial charge in [-0.15, -0.1) is 0 Å². The minimum Gasteiger partial charge on any atom is -0.360 e. The van der Waals surface area contributed by atoms with Gasteiger partial charge < -0.3 is 14.7 Å². The lowest BCUT2D eigenvalue weighted by Crippen LogP contribution is -2.43. The molecule has 2 aliphatic heterocycles. The highest BCUT2D eigenvalue weighted by atomic mass is 16.5. The summed E-state index contributed by atoms with van der Waals surface area (Å²) in [5.74, 6) is 1.46. The number of likely N-dealkylation sites (tertiary alicyclic amines) is 2. The largest absolute Gasteiger partial charge is 0.360 e. The first-order valence-corrected chi connectivity index (χ1v) is 8.36. The number of nitrogens with one attached hydrogen (secondary N) is 1. The van der Waals surface area contributed by atoms with Crippen molar-refractivity contribution >= 4 is 17.6 Å². The number of piperidine rings is 1. The quantitative estimate of drug-likeness (QED) is 0.903. The smallest absolute Gasteiger partial charge is 0.239 e. The van der Waals surface area contributed by atoms with Gasteiger partial charge in [0.15, 0.2) is 5.82 Å². The molecule has 7 nitrogen and oxygen atoms in total. The molecule has 2 fully saturated rings. The molecule has 126 valence electrons. The summed E-state index contributed by atoms with van der Waals surface area (Å²) in [6, 6.07) is 1.69. The highest BCUT2D eigenvalue weighted by Gasteiger charge is 2.30. The van der Waals surface area contributed by atoms with E-state index < -0.39 is 0 Å². The predicted octanol–water partition coefficient (Wildman–Crippen LogP) is 1.26. The van der Waals surface area contributed by atoms with Crippen molar-refractivity contribution in [3.8, 4) is 0 Å². The van der Waals surface area contributed by atoms with E-state index in [4.69, 9.17) is 4.52 Å². The maximum atomic E-state index is 12.4. The van der Waals surface area contributed by atoms with Crippen molar-refractivity contribution in [3.05, 3.63) is 11.8 Å². The summed E-state index contributed by atoms with van der Waals surface area (Å²) in [6.07, 6.45) is 3.94. The highest BCUT2D eigenvalue weighted by Crippen LogP contribution is 2.22. The number of nitrogens with zero attached hydrogens (tertiary/aromatic N) is 3. The summed E-state index contributed by atoms with van der Waals surface area (Å²) in [7, 11) is 0. The Morgan fingerprint density at radius 3 is 2.57 bits per heavy atom. The van der Waals surface area contributed by atoms with Crippen molar-refractivity contribution in [2.75, 3.05) is 38.0 Å². The number of hydrogen-bond donors (Lipinski definition) is 1. The van der Waals surface area contributed by atoms with E-state index >= 15 is 0 Å². The van der Waals surface area contributed by atoms with Gasteiger partial charge in [0, 0.05) is 25.1 Å². The predicted molar refractivity (Wildman–Crippen MR) is 84.8 cm³/mol. The molecule has 3 heterocycles. The molecule has 3 rings (SSSR count). The van der Waals surface area contributed by atoms with Gasteiger partial charge >= 0.3 is 0 Å². The maximum Gasteiger partial charge on any atom is 0.239 e. The highest BCUT2D eigenvalue weighted by molar-refractivity contribution is 5.91. The third-order valence-corrected chi connectivity index (χ3v) is 4.62.